The summed E-state index contributed by atoms with van der Waals surface area (Å²) >= 11 is 5.96. The van der Waals surface area contributed by atoms with Crippen molar-refractivity contribution in [3.05, 3.63) is 28.8 Å². The minimum Gasteiger partial charge on any atom is -0.379 e. The minimum atomic E-state index is -0.388. The number of hydrogen-bond acceptors (Lipinski definition) is 4. The van der Waals surface area contributed by atoms with Crippen LogP contribution < -0.4 is 5.32 Å². The fourth-order valence-corrected chi connectivity index (χ4v) is 1.72. The summed E-state index contributed by atoms with van der Waals surface area (Å²) in [5.74, 6) is -0.0921. The first-order valence-electron chi connectivity index (χ1n) is 5.80. The molecule has 0 heterocycles. The van der Waals surface area contributed by atoms with E-state index in [-0.39, 0.29) is 12.2 Å². The Balaban J connectivity index is 2.91. The molecule has 0 bridgehead atoms. The fraction of sp³-hybridized carbons (Fsp3) is 0.462. The topological polar surface area (TPSA) is 50.8 Å². The van der Waals surface area contributed by atoms with Gasteiger partial charge in [0, 0.05) is 39.0 Å². The average molecular weight is 287 g/mol. The van der Waals surface area contributed by atoms with Crippen molar-refractivity contribution in [3.63, 3.8) is 0 Å². The Morgan fingerprint density at radius 3 is 2.53 bits per heavy atom. The molecule has 1 N–H and O–H groups in total. The van der Waals surface area contributed by atoms with Crippen molar-refractivity contribution in [3.8, 4) is 0 Å². The number of hydrogen-bond donors (Lipinski definition) is 1. The zero-order chi connectivity index (χ0) is 14.4. The first-order chi connectivity index (χ1) is 8.99. The lowest BCUT2D eigenvalue weighted by Gasteiger charge is -2.18. The molecule has 6 heteroatoms. The van der Waals surface area contributed by atoms with Gasteiger partial charge in [0.15, 0.2) is 6.29 Å². The first kappa shape index (κ1) is 15.8. The van der Waals surface area contributed by atoms with Gasteiger partial charge >= 0.3 is 0 Å². The van der Waals surface area contributed by atoms with Gasteiger partial charge in [-0.15, -0.1) is 0 Å². The van der Waals surface area contributed by atoms with Crippen LogP contribution in [-0.2, 0) is 9.47 Å². The Bertz CT molecular complexity index is 434. The molecule has 0 atom stereocenters. The summed E-state index contributed by atoms with van der Waals surface area (Å²) < 4.78 is 10.2. The fourth-order valence-electron chi connectivity index (χ4n) is 1.55. The Hall–Kier alpha value is -1.30. The number of amides is 1. The standard InChI is InChI=1S/C13H19ClN2O3/c1-16(2)13(17)10-6-5-9(14)7-11(10)15-8-12(18-3)19-4/h5-7,12,15H,8H2,1-4H3. The van der Waals surface area contributed by atoms with Crippen LogP contribution in [0.2, 0.25) is 5.02 Å². The number of carbonyl (C=O) groups excluding carboxylic acids is 1. The lowest BCUT2D eigenvalue weighted by Crippen LogP contribution is -2.26. The highest BCUT2D eigenvalue weighted by atomic mass is 35.5. The lowest BCUT2D eigenvalue weighted by molar-refractivity contribution is -0.0914. The number of ether oxygens (including phenoxy) is 2. The van der Waals surface area contributed by atoms with E-state index in [1.54, 1.807) is 46.5 Å². The van der Waals surface area contributed by atoms with Gasteiger partial charge in [-0.3, -0.25) is 4.79 Å². The van der Waals surface area contributed by atoms with Gasteiger partial charge in [-0.1, -0.05) is 11.6 Å². The molecule has 1 amide bonds. The van der Waals surface area contributed by atoms with Gasteiger partial charge in [0.2, 0.25) is 0 Å². The molecule has 0 aliphatic carbocycles. The summed E-state index contributed by atoms with van der Waals surface area (Å²) in [6, 6.07) is 5.09. The smallest absolute Gasteiger partial charge is 0.255 e. The number of methoxy groups -OCH3 is 2. The second-order valence-electron chi connectivity index (χ2n) is 4.17. The van der Waals surface area contributed by atoms with Crippen molar-refractivity contribution in [2.75, 3.05) is 40.2 Å². The Labute approximate surface area is 118 Å². The molecule has 0 saturated heterocycles. The third-order valence-electron chi connectivity index (χ3n) is 2.60. The van der Waals surface area contributed by atoms with Crippen molar-refractivity contribution in [1.29, 1.82) is 0 Å². The van der Waals surface area contributed by atoms with Crippen LogP contribution in [0.1, 0.15) is 10.4 Å². The second kappa shape index (κ2) is 7.33. The molecule has 1 aromatic rings. The van der Waals surface area contributed by atoms with E-state index in [4.69, 9.17) is 21.1 Å². The number of nitrogens with one attached hydrogen (secondary N) is 1. The summed E-state index contributed by atoms with van der Waals surface area (Å²) in [7, 11) is 6.51. The number of carbonyl (C=O) groups is 1. The molecule has 106 valence electrons. The van der Waals surface area contributed by atoms with Crippen molar-refractivity contribution in [2.45, 2.75) is 6.29 Å². The third-order valence-corrected chi connectivity index (χ3v) is 2.84. The maximum absolute atomic E-state index is 12.0. The van der Waals surface area contributed by atoms with Crippen LogP contribution in [0.4, 0.5) is 5.69 Å². The number of anilines is 1. The van der Waals surface area contributed by atoms with E-state index >= 15 is 0 Å². The number of nitrogens with zero attached hydrogens (tertiary/aromatic N) is 1. The first-order valence-corrected chi connectivity index (χ1v) is 6.18. The molecule has 0 radical (unpaired) electrons. The highest BCUT2D eigenvalue weighted by Crippen LogP contribution is 2.22. The molecule has 0 fully saturated rings. The molecule has 1 rings (SSSR count). The van der Waals surface area contributed by atoms with Gasteiger partial charge in [0.1, 0.15) is 0 Å². The molecule has 0 aliphatic rings. The molecule has 5 nitrogen and oxygen atoms in total. The highest BCUT2D eigenvalue weighted by Gasteiger charge is 2.15. The summed E-state index contributed by atoms with van der Waals surface area (Å²) in [6.45, 7) is 0.418. The van der Waals surface area contributed by atoms with E-state index in [0.717, 1.165) is 0 Å². The zero-order valence-corrected chi connectivity index (χ0v) is 12.3. The van der Waals surface area contributed by atoms with Gasteiger partial charge in [-0.25, -0.2) is 0 Å². The molecular formula is C13H19ClN2O3. The minimum absolute atomic E-state index is 0.0921. The largest absolute Gasteiger partial charge is 0.379 e. The van der Waals surface area contributed by atoms with Gasteiger partial charge < -0.3 is 19.7 Å². The summed E-state index contributed by atoms with van der Waals surface area (Å²) in [5.41, 5.74) is 1.21. The van der Waals surface area contributed by atoms with E-state index in [2.05, 4.69) is 5.32 Å². The van der Waals surface area contributed by atoms with Crippen LogP contribution in [0.3, 0.4) is 0 Å². The van der Waals surface area contributed by atoms with Crippen LogP contribution in [0, 0.1) is 0 Å². The molecule has 0 aromatic heterocycles. The predicted molar refractivity (Wildman–Crippen MR) is 75.8 cm³/mol. The van der Waals surface area contributed by atoms with E-state index in [0.29, 0.717) is 22.8 Å². The van der Waals surface area contributed by atoms with Crippen LogP contribution in [-0.4, -0.2) is 52.0 Å². The second-order valence-corrected chi connectivity index (χ2v) is 4.61. The Morgan fingerprint density at radius 2 is 2.00 bits per heavy atom. The van der Waals surface area contributed by atoms with Gasteiger partial charge in [-0.05, 0) is 18.2 Å². The van der Waals surface area contributed by atoms with Crippen LogP contribution in [0.15, 0.2) is 18.2 Å². The van der Waals surface area contributed by atoms with Crippen molar-refractivity contribution >= 4 is 23.2 Å². The molecule has 0 unspecified atom stereocenters. The molecule has 19 heavy (non-hydrogen) atoms. The molecular weight excluding hydrogens is 268 g/mol. The average Bonchev–Trinajstić information content (AvgIpc) is 2.39. The van der Waals surface area contributed by atoms with E-state index in [1.165, 1.54) is 4.90 Å². The monoisotopic (exact) mass is 286 g/mol. The van der Waals surface area contributed by atoms with Gasteiger partial charge in [0.25, 0.3) is 5.91 Å². The van der Waals surface area contributed by atoms with E-state index in [1.807, 2.05) is 0 Å². The molecule has 1 aromatic carbocycles. The zero-order valence-electron chi connectivity index (χ0n) is 11.6. The van der Waals surface area contributed by atoms with Crippen molar-refractivity contribution < 1.29 is 14.3 Å². The summed E-state index contributed by atoms with van der Waals surface area (Å²) in [6.07, 6.45) is -0.388. The van der Waals surface area contributed by atoms with Gasteiger partial charge in [-0.2, -0.15) is 0 Å². The number of halogens is 1. The molecule has 0 spiro atoms. The third kappa shape index (κ3) is 4.38. The van der Waals surface area contributed by atoms with E-state index < -0.39 is 0 Å². The SMILES string of the molecule is COC(CNc1cc(Cl)ccc1C(=O)N(C)C)OC. The lowest BCUT2D eigenvalue weighted by atomic mass is 10.1. The Morgan fingerprint density at radius 1 is 1.37 bits per heavy atom. The maximum Gasteiger partial charge on any atom is 0.255 e. The van der Waals surface area contributed by atoms with Crippen molar-refractivity contribution in [2.24, 2.45) is 0 Å². The van der Waals surface area contributed by atoms with E-state index in [9.17, 15) is 4.79 Å². The van der Waals surface area contributed by atoms with Crippen LogP contribution >= 0.6 is 11.6 Å². The highest BCUT2D eigenvalue weighted by molar-refractivity contribution is 6.31. The molecule has 0 aliphatic heterocycles. The number of benzene rings is 1. The summed E-state index contributed by atoms with van der Waals surface area (Å²) in [4.78, 5) is 13.6. The maximum atomic E-state index is 12.0. The Kier molecular flexibility index (Phi) is 6.08. The van der Waals surface area contributed by atoms with Gasteiger partial charge in [0.05, 0.1) is 12.1 Å². The normalized spacial score (nSPS) is 10.6. The van der Waals surface area contributed by atoms with Crippen LogP contribution in [0.5, 0.6) is 0 Å². The number of rotatable bonds is 6. The van der Waals surface area contributed by atoms with Crippen molar-refractivity contribution in [1.82, 2.24) is 4.90 Å². The quantitative estimate of drug-likeness (QED) is 0.814. The van der Waals surface area contributed by atoms with Crippen LogP contribution in [0.25, 0.3) is 0 Å². The predicted octanol–water partition coefficient (Wildman–Crippen LogP) is 2.07. The molecule has 0 saturated carbocycles. The summed E-state index contributed by atoms with van der Waals surface area (Å²) in [5, 5.41) is 3.67.